The maximum atomic E-state index is 13.1. The SMILES string of the molecule is CC(=O)O[C@@H]1C[C@@H]2C[C@](O)(c3ccc(C(F)(F)F)cc3)CC[C@]2(C)[C@H]2CC[C@]3(C)[C@@H]([C@H](C)C(=O)O)CC[C@H]3[C@H]12. The number of carboxylic acid groups (broad SMARTS) is 1. The first-order valence-corrected chi connectivity index (χ1v) is 14.4. The maximum absolute atomic E-state index is 13.1. The van der Waals surface area contributed by atoms with Gasteiger partial charge in [0.25, 0.3) is 0 Å². The average molecular weight is 551 g/mol. The third-order valence-electron chi connectivity index (χ3n) is 11.9. The van der Waals surface area contributed by atoms with E-state index in [1.807, 2.05) is 6.92 Å². The maximum Gasteiger partial charge on any atom is 0.416 e. The van der Waals surface area contributed by atoms with Crippen molar-refractivity contribution in [3.63, 3.8) is 0 Å². The van der Waals surface area contributed by atoms with Gasteiger partial charge in [-0.15, -0.1) is 0 Å². The van der Waals surface area contributed by atoms with E-state index < -0.39 is 29.2 Å². The lowest BCUT2D eigenvalue weighted by atomic mass is 9.42. The second-order valence-electron chi connectivity index (χ2n) is 13.5. The molecule has 5 rings (SSSR count). The molecule has 0 aliphatic heterocycles. The molecule has 4 saturated carbocycles. The van der Waals surface area contributed by atoms with Crippen LogP contribution in [0.5, 0.6) is 0 Å². The lowest BCUT2D eigenvalue weighted by Crippen LogP contribution is -2.60. The molecule has 4 fully saturated rings. The molecule has 0 saturated heterocycles. The van der Waals surface area contributed by atoms with Crippen molar-refractivity contribution in [3.8, 4) is 0 Å². The van der Waals surface area contributed by atoms with Gasteiger partial charge < -0.3 is 14.9 Å². The number of aliphatic hydroxyl groups is 1. The topological polar surface area (TPSA) is 83.8 Å². The fourth-order valence-electron chi connectivity index (χ4n) is 9.79. The van der Waals surface area contributed by atoms with Gasteiger partial charge in [-0.2, -0.15) is 13.2 Å². The molecule has 2 N–H and O–H groups in total. The van der Waals surface area contributed by atoms with Gasteiger partial charge >= 0.3 is 18.1 Å². The first-order chi connectivity index (χ1) is 18.1. The Hall–Kier alpha value is -2.09. The molecule has 0 spiro atoms. The second-order valence-corrected chi connectivity index (χ2v) is 13.5. The molecule has 8 heteroatoms. The highest BCUT2D eigenvalue weighted by molar-refractivity contribution is 5.70. The summed E-state index contributed by atoms with van der Waals surface area (Å²) in [4.78, 5) is 24.2. The first kappa shape index (κ1) is 28.4. The van der Waals surface area contributed by atoms with Crippen molar-refractivity contribution in [2.24, 2.45) is 46.3 Å². The van der Waals surface area contributed by atoms with Crippen molar-refractivity contribution in [1.29, 1.82) is 0 Å². The van der Waals surface area contributed by atoms with Crippen molar-refractivity contribution in [3.05, 3.63) is 35.4 Å². The molecule has 216 valence electrons. The van der Waals surface area contributed by atoms with Gasteiger partial charge in [0.15, 0.2) is 0 Å². The van der Waals surface area contributed by atoms with Crippen molar-refractivity contribution in [2.45, 2.75) is 96.9 Å². The molecule has 4 aliphatic rings. The fraction of sp³-hybridized carbons (Fsp3) is 0.742. The number of hydrogen-bond acceptors (Lipinski definition) is 4. The Morgan fingerprint density at radius 1 is 1.00 bits per heavy atom. The van der Waals surface area contributed by atoms with Gasteiger partial charge in [0, 0.05) is 12.8 Å². The summed E-state index contributed by atoms with van der Waals surface area (Å²) in [5.74, 6) is -0.719. The van der Waals surface area contributed by atoms with Crippen LogP contribution in [-0.4, -0.2) is 28.3 Å². The van der Waals surface area contributed by atoms with Gasteiger partial charge in [0.2, 0.25) is 0 Å². The van der Waals surface area contributed by atoms with E-state index in [-0.39, 0.29) is 52.5 Å². The number of esters is 1. The molecule has 0 unspecified atom stereocenters. The molecule has 0 bridgehead atoms. The van der Waals surface area contributed by atoms with E-state index in [2.05, 4.69) is 13.8 Å². The molecule has 0 radical (unpaired) electrons. The highest BCUT2D eigenvalue weighted by atomic mass is 19.4. The number of carbonyl (C=O) groups is 2. The lowest BCUT2D eigenvalue weighted by molar-refractivity contribution is -0.204. The molecule has 0 aromatic heterocycles. The minimum Gasteiger partial charge on any atom is -0.481 e. The molecule has 0 amide bonds. The number of ether oxygens (including phenoxy) is 1. The zero-order valence-corrected chi connectivity index (χ0v) is 23.3. The smallest absolute Gasteiger partial charge is 0.416 e. The minimum atomic E-state index is -4.43. The van der Waals surface area contributed by atoms with Crippen LogP contribution in [0.15, 0.2) is 24.3 Å². The molecule has 4 aliphatic carbocycles. The number of carboxylic acids is 1. The van der Waals surface area contributed by atoms with E-state index in [4.69, 9.17) is 4.74 Å². The Labute approximate surface area is 228 Å². The summed E-state index contributed by atoms with van der Waals surface area (Å²) < 4.78 is 45.4. The van der Waals surface area contributed by atoms with Gasteiger partial charge in [0.1, 0.15) is 6.10 Å². The Morgan fingerprint density at radius 3 is 2.23 bits per heavy atom. The molecular formula is C31H41F3O5. The van der Waals surface area contributed by atoms with Crippen molar-refractivity contribution >= 4 is 11.9 Å². The molecular weight excluding hydrogens is 509 g/mol. The average Bonchev–Trinajstić information content (AvgIpc) is 3.20. The van der Waals surface area contributed by atoms with Crippen LogP contribution < -0.4 is 0 Å². The van der Waals surface area contributed by atoms with Crippen molar-refractivity contribution in [2.75, 3.05) is 0 Å². The van der Waals surface area contributed by atoms with Crippen molar-refractivity contribution < 1.29 is 37.7 Å². The predicted octanol–water partition coefficient (Wildman–Crippen LogP) is 6.81. The Kier molecular flexibility index (Phi) is 6.92. The number of benzene rings is 1. The van der Waals surface area contributed by atoms with Crippen LogP contribution >= 0.6 is 0 Å². The molecule has 10 atom stereocenters. The zero-order chi connectivity index (χ0) is 28.5. The predicted molar refractivity (Wildman–Crippen MR) is 138 cm³/mol. The zero-order valence-electron chi connectivity index (χ0n) is 23.3. The molecule has 0 heterocycles. The summed E-state index contributed by atoms with van der Waals surface area (Å²) in [6, 6.07) is 4.87. The number of rotatable bonds is 4. The lowest BCUT2D eigenvalue weighted by Gasteiger charge is -2.63. The van der Waals surface area contributed by atoms with Crippen LogP contribution in [0.4, 0.5) is 13.2 Å². The quantitative estimate of drug-likeness (QED) is 0.402. The van der Waals surface area contributed by atoms with Crippen LogP contribution in [0.2, 0.25) is 0 Å². The van der Waals surface area contributed by atoms with E-state index in [9.17, 15) is 33.0 Å². The number of aliphatic carboxylic acids is 1. The van der Waals surface area contributed by atoms with Crippen LogP contribution in [0.25, 0.3) is 0 Å². The summed E-state index contributed by atoms with van der Waals surface area (Å²) in [5.41, 5.74) is -1.70. The van der Waals surface area contributed by atoms with Crippen molar-refractivity contribution in [1.82, 2.24) is 0 Å². The van der Waals surface area contributed by atoms with E-state index in [0.717, 1.165) is 44.2 Å². The normalized spacial score (nSPS) is 42.6. The van der Waals surface area contributed by atoms with Gasteiger partial charge in [-0.1, -0.05) is 32.9 Å². The van der Waals surface area contributed by atoms with Gasteiger partial charge in [-0.25, -0.2) is 0 Å². The number of alkyl halides is 3. The van der Waals surface area contributed by atoms with E-state index in [1.165, 1.54) is 19.1 Å². The monoisotopic (exact) mass is 550 g/mol. The summed E-state index contributed by atoms with van der Waals surface area (Å²) in [5, 5.41) is 21.5. The summed E-state index contributed by atoms with van der Waals surface area (Å²) in [7, 11) is 0. The summed E-state index contributed by atoms with van der Waals surface area (Å²) in [6.45, 7) is 7.78. The van der Waals surface area contributed by atoms with E-state index >= 15 is 0 Å². The third-order valence-corrected chi connectivity index (χ3v) is 11.9. The van der Waals surface area contributed by atoms with Crippen LogP contribution in [0, 0.1) is 46.3 Å². The van der Waals surface area contributed by atoms with Crippen LogP contribution in [0.3, 0.4) is 0 Å². The van der Waals surface area contributed by atoms with Gasteiger partial charge in [-0.05, 0) is 104 Å². The molecule has 1 aromatic carbocycles. The number of carbonyl (C=O) groups excluding carboxylic acids is 1. The molecule has 5 nitrogen and oxygen atoms in total. The third kappa shape index (κ3) is 4.58. The number of hydrogen-bond donors (Lipinski definition) is 2. The summed E-state index contributed by atoms with van der Waals surface area (Å²) >= 11 is 0. The van der Waals surface area contributed by atoms with Crippen LogP contribution in [0.1, 0.15) is 90.2 Å². The Morgan fingerprint density at radius 2 is 1.64 bits per heavy atom. The summed E-state index contributed by atoms with van der Waals surface area (Å²) in [6.07, 6.45) is 1.11. The standard InChI is InChI=1S/C31H41F3O5/c1-17(27(36)37)22-9-10-23-26-24(11-12-29(22,23)4)28(3)13-14-30(38,16-21(28)15-25(26)39-18(2)35)19-5-7-20(8-6-19)31(32,33)34/h5-8,17,21-26,38H,9-16H2,1-4H3,(H,36,37)/t17-,21+,22+,23-,24-,25+,26-,28-,29+,30-/m0/s1. The second kappa shape index (κ2) is 9.49. The number of halogens is 3. The fourth-order valence-corrected chi connectivity index (χ4v) is 9.79. The van der Waals surface area contributed by atoms with E-state index in [1.54, 1.807) is 0 Å². The highest BCUT2D eigenvalue weighted by Gasteiger charge is 2.65. The largest absolute Gasteiger partial charge is 0.481 e. The first-order valence-electron chi connectivity index (χ1n) is 14.4. The Balaban J connectivity index is 1.45. The van der Waals surface area contributed by atoms with Gasteiger partial charge in [0.05, 0.1) is 17.1 Å². The van der Waals surface area contributed by atoms with E-state index in [0.29, 0.717) is 24.8 Å². The minimum absolute atomic E-state index is 0.0450. The van der Waals surface area contributed by atoms with Gasteiger partial charge in [-0.3, -0.25) is 9.59 Å². The Bertz CT molecular complexity index is 1120. The molecule has 1 aromatic rings. The highest BCUT2D eigenvalue weighted by Crippen LogP contribution is 2.69. The van der Waals surface area contributed by atoms with Crippen LogP contribution in [-0.2, 0) is 26.1 Å². The number of fused-ring (bicyclic) bond motifs is 5. The molecule has 39 heavy (non-hydrogen) atoms.